The summed E-state index contributed by atoms with van der Waals surface area (Å²) in [7, 11) is 0. The first-order valence-electron chi connectivity index (χ1n) is 11.0. The Morgan fingerprint density at radius 3 is 2.00 bits per heavy atom. The van der Waals surface area contributed by atoms with Crippen LogP contribution in [0.2, 0.25) is 0 Å². The maximum absolute atomic E-state index is 12.5. The Morgan fingerprint density at radius 1 is 0.900 bits per heavy atom. The van der Waals surface area contributed by atoms with E-state index in [9.17, 15) is 14.7 Å². The lowest BCUT2D eigenvalue weighted by atomic mass is 9.86. The first-order valence-corrected chi connectivity index (χ1v) is 11.0. The van der Waals surface area contributed by atoms with E-state index in [-0.39, 0.29) is 18.4 Å². The standard InChI is InChI=1S/C25H29NO4/c27-24(28)23(17-10-4-2-1-3-5-11-17)26-25(29)30-16-22-20-14-8-6-12-18(20)19-13-7-9-15-21(19)22/h6-9,12-15,17,22-23H,1-5,10-11,16H2,(H,26,29)(H,27,28)/t23-/m0/s1. The third-order valence-electron chi connectivity index (χ3n) is 6.50. The van der Waals surface area contributed by atoms with E-state index >= 15 is 0 Å². The lowest BCUT2D eigenvalue weighted by Crippen LogP contribution is -2.46. The van der Waals surface area contributed by atoms with Crippen LogP contribution >= 0.6 is 0 Å². The van der Waals surface area contributed by atoms with E-state index < -0.39 is 18.1 Å². The molecule has 1 atom stereocenters. The van der Waals surface area contributed by atoms with E-state index in [4.69, 9.17) is 4.74 Å². The fourth-order valence-electron chi connectivity index (χ4n) is 4.97. The van der Waals surface area contributed by atoms with Crippen LogP contribution in [0.1, 0.15) is 62.0 Å². The molecule has 0 aliphatic heterocycles. The summed E-state index contributed by atoms with van der Waals surface area (Å²) < 4.78 is 5.55. The number of benzene rings is 2. The zero-order chi connectivity index (χ0) is 20.9. The number of carboxylic acids is 1. The van der Waals surface area contributed by atoms with E-state index in [1.165, 1.54) is 17.5 Å². The van der Waals surface area contributed by atoms with Crippen molar-refractivity contribution in [1.29, 1.82) is 0 Å². The van der Waals surface area contributed by atoms with Crippen LogP contribution in [0.25, 0.3) is 11.1 Å². The third kappa shape index (κ3) is 4.35. The highest BCUT2D eigenvalue weighted by molar-refractivity contribution is 5.81. The van der Waals surface area contributed by atoms with Gasteiger partial charge in [0.15, 0.2) is 0 Å². The Balaban J connectivity index is 1.42. The molecule has 5 nitrogen and oxygen atoms in total. The predicted molar refractivity (Wildman–Crippen MR) is 115 cm³/mol. The number of carbonyl (C=O) groups is 2. The van der Waals surface area contributed by atoms with Gasteiger partial charge in [0.1, 0.15) is 12.6 Å². The van der Waals surface area contributed by atoms with E-state index in [0.717, 1.165) is 49.7 Å². The van der Waals surface area contributed by atoms with Gasteiger partial charge in [0.2, 0.25) is 0 Å². The Hall–Kier alpha value is -2.82. The number of hydrogen-bond donors (Lipinski definition) is 2. The first kappa shape index (κ1) is 20.5. The van der Waals surface area contributed by atoms with Gasteiger partial charge in [0.25, 0.3) is 0 Å². The van der Waals surface area contributed by atoms with Gasteiger partial charge in [0.05, 0.1) is 0 Å². The van der Waals surface area contributed by atoms with E-state index in [1.807, 2.05) is 24.3 Å². The maximum Gasteiger partial charge on any atom is 0.407 e. The summed E-state index contributed by atoms with van der Waals surface area (Å²) in [6, 6.07) is 15.4. The van der Waals surface area contributed by atoms with Crippen LogP contribution < -0.4 is 5.32 Å². The minimum absolute atomic E-state index is 0.0344. The second kappa shape index (κ2) is 9.33. The summed E-state index contributed by atoms with van der Waals surface area (Å²) in [5, 5.41) is 12.4. The fraction of sp³-hybridized carbons (Fsp3) is 0.440. The largest absolute Gasteiger partial charge is 0.480 e. The van der Waals surface area contributed by atoms with Crippen molar-refractivity contribution in [1.82, 2.24) is 5.32 Å². The molecule has 2 aromatic carbocycles. The molecule has 1 fully saturated rings. The van der Waals surface area contributed by atoms with Crippen molar-refractivity contribution in [2.45, 2.75) is 56.9 Å². The number of ether oxygens (including phenoxy) is 1. The summed E-state index contributed by atoms with van der Waals surface area (Å²) in [6.45, 7) is 0.191. The van der Waals surface area contributed by atoms with Gasteiger partial charge in [-0.05, 0) is 41.0 Å². The van der Waals surface area contributed by atoms with Gasteiger partial charge >= 0.3 is 12.1 Å². The van der Waals surface area contributed by atoms with Crippen molar-refractivity contribution < 1.29 is 19.4 Å². The number of fused-ring (bicyclic) bond motifs is 3. The number of nitrogens with one attached hydrogen (secondary N) is 1. The molecule has 2 N–H and O–H groups in total. The number of aliphatic carboxylic acids is 1. The zero-order valence-electron chi connectivity index (χ0n) is 17.2. The molecule has 30 heavy (non-hydrogen) atoms. The van der Waals surface area contributed by atoms with Gasteiger partial charge in [-0.1, -0.05) is 80.6 Å². The maximum atomic E-state index is 12.5. The second-order valence-corrected chi connectivity index (χ2v) is 8.39. The SMILES string of the molecule is O=C(N[C@H](C(=O)O)C1CCCCCCC1)OCC1c2ccccc2-c2ccccc21. The number of carbonyl (C=O) groups excluding carboxylic acids is 1. The molecular formula is C25H29NO4. The lowest BCUT2D eigenvalue weighted by molar-refractivity contribution is -0.141. The van der Waals surface area contributed by atoms with Gasteiger partial charge in [-0.15, -0.1) is 0 Å². The quantitative estimate of drug-likeness (QED) is 0.702. The molecule has 158 valence electrons. The molecule has 0 radical (unpaired) electrons. The van der Waals surface area contributed by atoms with Crippen molar-refractivity contribution >= 4 is 12.1 Å². The highest BCUT2D eigenvalue weighted by atomic mass is 16.5. The van der Waals surface area contributed by atoms with E-state index in [2.05, 4.69) is 29.6 Å². The highest BCUT2D eigenvalue weighted by Gasteiger charge is 2.32. The molecule has 0 heterocycles. The number of rotatable bonds is 5. The molecule has 0 unspecified atom stereocenters. The molecule has 5 heteroatoms. The third-order valence-corrected chi connectivity index (χ3v) is 6.50. The Kier molecular flexibility index (Phi) is 6.36. The molecule has 2 aliphatic rings. The molecule has 4 rings (SSSR count). The van der Waals surface area contributed by atoms with Gasteiger partial charge in [-0.25, -0.2) is 9.59 Å². The number of alkyl carbamates (subject to hydrolysis) is 1. The van der Waals surface area contributed by atoms with Gasteiger partial charge in [-0.3, -0.25) is 0 Å². The molecule has 0 aromatic heterocycles. The van der Waals surface area contributed by atoms with Gasteiger partial charge < -0.3 is 15.2 Å². The summed E-state index contributed by atoms with van der Waals surface area (Å²) in [6.07, 6.45) is 6.53. The van der Waals surface area contributed by atoms with Crippen LogP contribution in [0.5, 0.6) is 0 Å². The Labute approximate surface area is 177 Å². The Bertz CT molecular complexity index is 856. The number of amides is 1. The summed E-state index contributed by atoms with van der Waals surface area (Å²) in [4.78, 5) is 24.4. The smallest absolute Gasteiger partial charge is 0.407 e. The van der Waals surface area contributed by atoms with Gasteiger partial charge in [0, 0.05) is 5.92 Å². The monoisotopic (exact) mass is 407 g/mol. The fourth-order valence-corrected chi connectivity index (χ4v) is 4.97. The molecule has 0 spiro atoms. The van der Waals surface area contributed by atoms with Crippen LogP contribution in [0, 0.1) is 5.92 Å². The molecule has 0 saturated heterocycles. The summed E-state index contributed by atoms with van der Waals surface area (Å²) in [5.41, 5.74) is 4.61. The van der Waals surface area contributed by atoms with Crippen molar-refractivity contribution in [3.05, 3.63) is 59.7 Å². The number of hydrogen-bond acceptors (Lipinski definition) is 3. The summed E-state index contributed by atoms with van der Waals surface area (Å²) in [5.74, 6) is -1.05. The topological polar surface area (TPSA) is 75.6 Å². The van der Waals surface area contributed by atoms with E-state index in [1.54, 1.807) is 0 Å². The van der Waals surface area contributed by atoms with Crippen LogP contribution in [0.4, 0.5) is 4.79 Å². The molecule has 1 amide bonds. The molecule has 1 saturated carbocycles. The highest BCUT2D eigenvalue weighted by Crippen LogP contribution is 2.44. The molecule has 2 aliphatic carbocycles. The van der Waals surface area contributed by atoms with Crippen LogP contribution in [-0.4, -0.2) is 29.8 Å². The molecule has 2 aromatic rings. The first-order chi connectivity index (χ1) is 14.6. The van der Waals surface area contributed by atoms with E-state index in [0.29, 0.717) is 0 Å². The van der Waals surface area contributed by atoms with Gasteiger partial charge in [-0.2, -0.15) is 0 Å². The van der Waals surface area contributed by atoms with Crippen LogP contribution in [0.15, 0.2) is 48.5 Å². The number of carboxylic acid groups (broad SMARTS) is 1. The van der Waals surface area contributed by atoms with Crippen molar-refractivity contribution in [3.63, 3.8) is 0 Å². The minimum atomic E-state index is -0.978. The van der Waals surface area contributed by atoms with Crippen molar-refractivity contribution in [2.75, 3.05) is 6.61 Å². The lowest BCUT2D eigenvalue weighted by Gasteiger charge is -2.26. The predicted octanol–water partition coefficient (Wildman–Crippen LogP) is 5.34. The Morgan fingerprint density at radius 2 is 1.43 bits per heavy atom. The zero-order valence-corrected chi connectivity index (χ0v) is 17.2. The average Bonchev–Trinajstić information content (AvgIpc) is 3.04. The van der Waals surface area contributed by atoms with Crippen molar-refractivity contribution in [2.24, 2.45) is 5.92 Å². The molecular weight excluding hydrogens is 378 g/mol. The minimum Gasteiger partial charge on any atom is -0.480 e. The second-order valence-electron chi connectivity index (χ2n) is 8.39. The average molecular weight is 408 g/mol. The summed E-state index contributed by atoms with van der Waals surface area (Å²) >= 11 is 0. The normalized spacial score (nSPS) is 17.9. The van der Waals surface area contributed by atoms with Crippen molar-refractivity contribution in [3.8, 4) is 11.1 Å². The van der Waals surface area contributed by atoms with Crippen LogP contribution in [0.3, 0.4) is 0 Å². The molecule has 0 bridgehead atoms. The van der Waals surface area contributed by atoms with Crippen LogP contribution in [-0.2, 0) is 9.53 Å².